The molecule has 0 fully saturated rings. The molecule has 0 saturated heterocycles. The van der Waals surface area contributed by atoms with E-state index in [-0.39, 0.29) is 6.10 Å². The standard InChI is InChI=1S/C17H22N2O2/c1-20-16(10-13-6-3-2-4-7-13)14-8-5-9-15(11-14)21-12-17(18)19/h2-9,11,16-17H,10,12,18-19H2,1H3. The van der Waals surface area contributed by atoms with Gasteiger partial charge in [-0.1, -0.05) is 42.5 Å². The number of benzene rings is 2. The summed E-state index contributed by atoms with van der Waals surface area (Å²) in [7, 11) is 1.72. The molecule has 0 radical (unpaired) electrons. The van der Waals surface area contributed by atoms with Crippen molar-refractivity contribution >= 4 is 0 Å². The molecule has 0 heterocycles. The highest BCUT2D eigenvalue weighted by atomic mass is 16.5. The maximum absolute atomic E-state index is 5.62. The van der Waals surface area contributed by atoms with Gasteiger partial charge in [0.2, 0.25) is 0 Å². The highest BCUT2D eigenvalue weighted by molar-refractivity contribution is 5.31. The molecule has 1 atom stereocenters. The van der Waals surface area contributed by atoms with Crippen molar-refractivity contribution in [1.29, 1.82) is 0 Å². The molecule has 2 rings (SSSR count). The van der Waals surface area contributed by atoms with Gasteiger partial charge >= 0.3 is 0 Å². The molecular weight excluding hydrogens is 264 g/mol. The molecule has 112 valence electrons. The van der Waals surface area contributed by atoms with Crippen LogP contribution in [0.15, 0.2) is 54.6 Å². The number of rotatable bonds is 7. The molecule has 4 nitrogen and oxygen atoms in total. The van der Waals surface area contributed by atoms with E-state index < -0.39 is 6.17 Å². The number of methoxy groups -OCH3 is 1. The van der Waals surface area contributed by atoms with Crippen LogP contribution >= 0.6 is 0 Å². The topological polar surface area (TPSA) is 70.5 Å². The van der Waals surface area contributed by atoms with Crippen LogP contribution in [0, 0.1) is 0 Å². The van der Waals surface area contributed by atoms with Crippen molar-refractivity contribution in [1.82, 2.24) is 0 Å². The number of nitrogens with two attached hydrogens (primary N) is 2. The summed E-state index contributed by atoms with van der Waals surface area (Å²) in [5, 5.41) is 0. The number of ether oxygens (including phenoxy) is 2. The van der Waals surface area contributed by atoms with E-state index >= 15 is 0 Å². The summed E-state index contributed by atoms with van der Waals surface area (Å²) in [6, 6.07) is 18.1. The first-order chi connectivity index (χ1) is 10.2. The van der Waals surface area contributed by atoms with Gasteiger partial charge in [0.25, 0.3) is 0 Å². The molecule has 0 spiro atoms. The van der Waals surface area contributed by atoms with Crippen molar-refractivity contribution in [2.24, 2.45) is 11.5 Å². The third kappa shape index (κ3) is 4.86. The first-order valence-corrected chi connectivity index (χ1v) is 6.99. The van der Waals surface area contributed by atoms with Crippen LogP contribution in [0.3, 0.4) is 0 Å². The van der Waals surface area contributed by atoms with Gasteiger partial charge in [-0.3, -0.25) is 0 Å². The lowest BCUT2D eigenvalue weighted by Gasteiger charge is -2.17. The third-order valence-electron chi connectivity index (χ3n) is 3.22. The Labute approximate surface area is 125 Å². The maximum Gasteiger partial charge on any atom is 0.119 e. The van der Waals surface area contributed by atoms with E-state index in [0.29, 0.717) is 6.61 Å². The second kappa shape index (κ2) is 7.78. The van der Waals surface area contributed by atoms with E-state index in [2.05, 4.69) is 12.1 Å². The fourth-order valence-corrected chi connectivity index (χ4v) is 2.16. The monoisotopic (exact) mass is 286 g/mol. The van der Waals surface area contributed by atoms with Gasteiger partial charge < -0.3 is 20.9 Å². The van der Waals surface area contributed by atoms with E-state index in [1.807, 2.05) is 42.5 Å². The Morgan fingerprint density at radius 3 is 2.43 bits per heavy atom. The SMILES string of the molecule is COC(Cc1ccccc1)c1cccc(OCC(N)N)c1. The Bertz CT molecular complexity index is 543. The zero-order chi connectivity index (χ0) is 15.1. The van der Waals surface area contributed by atoms with Crippen molar-refractivity contribution in [3.63, 3.8) is 0 Å². The van der Waals surface area contributed by atoms with Crippen molar-refractivity contribution in [2.45, 2.75) is 18.7 Å². The van der Waals surface area contributed by atoms with Gasteiger partial charge in [-0.05, 0) is 23.3 Å². The van der Waals surface area contributed by atoms with Gasteiger partial charge in [0.1, 0.15) is 12.4 Å². The minimum atomic E-state index is -0.476. The molecule has 0 aromatic heterocycles. The molecule has 2 aromatic rings. The van der Waals surface area contributed by atoms with E-state index in [4.69, 9.17) is 20.9 Å². The van der Waals surface area contributed by atoms with Crippen LogP contribution < -0.4 is 16.2 Å². The molecule has 0 saturated carbocycles. The molecule has 4 N–H and O–H groups in total. The summed E-state index contributed by atoms with van der Waals surface area (Å²) in [5.74, 6) is 0.753. The summed E-state index contributed by atoms with van der Waals surface area (Å²) < 4.78 is 11.2. The lowest BCUT2D eigenvalue weighted by Crippen LogP contribution is -2.36. The smallest absolute Gasteiger partial charge is 0.119 e. The minimum absolute atomic E-state index is 0.0116. The molecule has 0 aliphatic carbocycles. The van der Waals surface area contributed by atoms with Gasteiger partial charge in [-0.2, -0.15) is 0 Å². The van der Waals surface area contributed by atoms with Gasteiger partial charge in [0.15, 0.2) is 0 Å². The molecule has 0 bridgehead atoms. The van der Waals surface area contributed by atoms with Gasteiger partial charge in [0, 0.05) is 13.5 Å². The van der Waals surface area contributed by atoms with Gasteiger partial charge in [0.05, 0.1) is 12.3 Å². The Kier molecular flexibility index (Phi) is 5.75. The number of hydrogen-bond acceptors (Lipinski definition) is 4. The summed E-state index contributed by atoms with van der Waals surface area (Å²) in [4.78, 5) is 0. The van der Waals surface area contributed by atoms with Crippen LogP contribution in [0.1, 0.15) is 17.2 Å². The molecule has 0 aliphatic heterocycles. The quantitative estimate of drug-likeness (QED) is 0.766. The van der Waals surface area contributed by atoms with Crippen LogP contribution in [0.25, 0.3) is 0 Å². The van der Waals surface area contributed by atoms with Crippen LogP contribution in [0.2, 0.25) is 0 Å². The van der Waals surface area contributed by atoms with Crippen LogP contribution in [-0.4, -0.2) is 19.9 Å². The molecular formula is C17H22N2O2. The second-order valence-electron chi connectivity index (χ2n) is 4.96. The zero-order valence-electron chi connectivity index (χ0n) is 12.2. The Morgan fingerprint density at radius 2 is 1.76 bits per heavy atom. The second-order valence-corrected chi connectivity index (χ2v) is 4.96. The fraction of sp³-hybridized carbons (Fsp3) is 0.294. The summed E-state index contributed by atoms with van der Waals surface area (Å²) in [6.45, 7) is 0.291. The fourth-order valence-electron chi connectivity index (χ4n) is 2.16. The van der Waals surface area contributed by atoms with Crippen molar-refractivity contribution < 1.29 is 9.47 Å². The normalized spacial score (nSPS) is 12.4. The molecule has 21 heavy (non-hydrogen) atoms. The van der Waals surface area contributed by atoms with Crippen LogP contribution in [0.4, 0.5) is 0 Å². The van der Waals surface area contributed by atoms with Gasteiger partial charge in [-0.25, -0.2) is 0 Å². The Balaban J connectivity index is 2.09. The zero-order valence-corrected chi connectivity index (χ0v) is 12.2. The molecule has 0 aliphatic rings. The number of hydrogen-bond donors (Lipinski definition) is 2. The maximum atomic E-state index is 5.62. The molecule has 2 aromatic carbocycles. The highest BCUT2D eigenvalue weighted by Crippen LogP contribution is 2.25. The van der Waals surface area contributed by atoms with E-state index in [1.54, 1.807) is 7.11 Å². The Hall–Kier alpha value is -1.88. The lowest BCUT2D eigenvalue weighted by molar-refractivity contribution is 0.103. The Morgan fingerprint density at radius 1 is 1.00 bits per heavy atom. The predicted octanol–water partition coefficient (Wildman–Crippen LogP) is 2.24. The largest absolute Gasteiger partial charge is 0.491 e. The predicted molar refractivity (Wildman–Crippen MR) is 84.0 cm³/mol. The highest BCUT2D eigenvalue weighted by Gasteiger charge is 2.12. The molecule has 0 amide bonds. The van der Waals surface area contributed by atoms with Crippen LogP contribution in [-0.2, 0) is 11.2 Å². The lowest BCUT2D eigenvalue weighted by atomic mass is 10.0. The van der Waals surface area contributed by atoms with E-state index in [1.165, 1.54) is 5.56 Å². The first-order valence-electron chi connectivity index (χ1n) is 6.99. The summed E-state index contributed by atoms with van der Waals surface area (Å²) >= 11 is 0. The average molecular weight is 286 g/mol. The molecule has 4 heteroatoms. The van der Waals surface area contributed by atoms with Crippen LogP contribution in [0.5, 0.6) is 5.75 Å². The summed E-state index contributed by atoms with van der Waals surface area (Å²) in [6.07, 6.45) is 0.329. The van der Waals surface area contributed by atoms with E-state index in [0.717, 1.165) is 17.7 Å². The van der Waals surface area contributed by atoms with Crippen molar-refractivity contribution in [3.8, 4) is 5.75 Å². The van der Waals surface area contributed by atoms with Gasteiger partial charge in [-0.15, -0.1) is 0 Å². The first kappa shape index (κ1) is 15.5. The van der Waals surface area contributed by atoms with E-state index in [9.17, 15) is 0 Å². The summed E-state index contributed by atoms with van der Waals surface area (Å²) in [5.41, 5.74) is 13.3. The average Bonchev–Trinajstić information content (AvgIpc) is 2.52. The molecule has 1 unspecified atom stereocenters. The van der Waals surface area contributed by atoms with Crippen molar-refractivity contribution in [2.75, 3.05) is 13.7 Å². The minimum Gasteiger partial charge on any atom is -0.491 e. The third-order valence-corrected chi connectivity index (χ3v) is 3.22. The van der Waals surface area contributed by atoms with Crippen molar-refractivity contribution in [3.05, 3.63) is 65.7 Å².